The molecule has 1 fully saturated rings. The minimum absolute atomic E-state index is 0.0507. The van der Waals surface area contributed by atoms with E-state index < -0.39 is 11.6 Å². The number of nitrogens with one attached hydrogen (secondary N) is 1. The third-order valence-electron chi connectivity index (χ3n) is 4.19. The second kappa shape index (κ2) is 5.26. The molecular weight excluding hydrogens is 256 g/mol. The van der Waals surface area contributed by atoms with E-state index in [-0.39, 0.29) is 11.8 Å². The second-order valence-electron chi connectivity index (χ2n) is 5.18. The fourth-order valence-electron chi connectivity index (χ4n) is 2.64. The van der Waals surface area contributed by atoms with Crippen molar-refractivity contribution in [3.05, 3.63) is 12.4 Å². The summed E-state index contributed by atoms with van der Waals surface area (Å²) in [7, 11) is 0. The summed E-state index contributed by atoms with van der Waals surface area (Å²) in [6.45, 7) is 8.30. The van der Waals surface area contributed by atoms with E-state index in [2.05, 4.69) is 10.4 Å². The topological polar surface area (TPSA) is 67.2 Å². The van der Waals surface area contributed by atoms with Crippen LogP contribution >= 0.6 is 0 Å². The number of amides is 2. The molecule has 0 spiro atoms. The Bertz CT molecular complexity index is 519. The quantitative estimate of drug-likeness (QED) is 0.903. The summed E-state index contributed by atoms with van der Waals surface area (Å²) in [4.78, 5) is 26.6. The van der Waals surface area contributed by atoms with E-state index in [1.54, 1.807) is 22.7 Å². The summed E-state index contributed by atoms with van der Waals surface area (Å²) in [5.41, 5.74) is -0.108. The first-order valence-electron chi connectivity index (χ1n) is 7.17. The maximum atomic E-state index is 12.8. The predicted molar refractivity (Wildman–Crippen MR) is 76.3 cm³/mol. The molecule has 1 unspecified atom stereocenters. The fraction of sp³-hybridized carbons (Fsp3) is 0.643. The predicted octanol–water partition coefficient (Wildman–Crippen LogP) is 1.31. The molecule has 2 amide bonds. The third kappa shape index (κ3) is 2.09. The van der Waals surface area contributed by atoms with Crippen LogP contribution in [-0.2, 0) is 16.1 Å². The van der Waals surface area contributed by atoms with Gasteiger partial charge >= 0.3 is 0 Å². The molecule has 1 saturated heterocycles. The summed E-state index contributed by atoms with van der Waals surface area (Å²) < 4.78 is 1.75. The summed E-state index contributed by atoms with van der Waals surface area (Å²) in [5, 5.41) is 7.09. The van der Waals surface area contributed by atoms with Crippen LogP contribution in [0, 0.1) is 0 Å². The zero-order valence-electron chi connectivity index (χ0n) is 12.5. The number of hydrogen-bond acceptors (Lipinski definition) is 3. The highest BCUT2D eigenvalue weighted by molar-refractivity contribution is 6.10. The molecule has 1 N–H and O–H groups in total. The molecule has 6 heteroatoms. The summed E-state index contributed by atoms with van der Waals surface area (Å²) >= 11 is 0. The van der Waals surface area contributed by atoms with E-state index >= 15 is 0 Å². The number of anilines is 1. The van der Waals surface area contributed by atoms with E-state index in [0.29, 0.717) is 18.5 Å². The van der Waals surface area contributed by atoms with Crippen molar-refractivity contribution in [2.75, 3.05) is 4.90 Å². The van der Waals surface area contributed by atoms with Crippen LogP contribution in [0.5, 0.6) is 0 Å². The van der Waals surface area contributed by atoms with Crippen molar-refractivity contribution in [3.8, 4) is 0 Å². The number of aryl methyl sites for hydroxylation is 1. The van der Waals surface area contributed by atoms with Crippen molar-refractivity contribution < 1.29 is 9.59 Å². The maximum absolute atomic E-state index is 12.8. The van der Waals surface area contributed by atoms with Crippen LogP contribution in [0.3, 0.4) is 0 Å². The first kappa shape index (κ1) is 14.6. The van der Waals surface area contributed by atoms with Gasteiger partial charge in [0.2, 0.25) is 5.91 Å². The molecule has 2 rings (SSSR count). The standard InChI is InChI=1S/C14H22N4O2/c1-5-14(6-2)13(20)18(10(4)12(19)16-14)11-8-15-17(7-3)9-11/h8-10H,5-7H2,1-4H3,(H,16,19). The molecule has 1 aliphatic heterocycles. The van der Waals surface area contributed by atoms with Crippen LogP contribution in [0.4, 0.5) is 5.69 Å². The third-order valence-corrected chi connectivity index (χ3v) is 4.19. The number of piperazine rings is 1. The van der Waals surface area contributed by atoms with Crippen molar-refractivity contribution in [2.24, 2.45) is 0 Å². The largest absolute Gasteiger partial charge is 0.340 e. The highest BCUT2D eigenvalue weighted by Crippen LogP contribution is 2.29. The van der Waals surface area contributed by atoms with Gasteiger partial charge in [0.1, 0.15) is 11.6 Å². The lowest BCUT2D eigenvalue weighted by Crippen LogP contribution is -2.69. The van der Waals surface area contributed by atoms with Gasteiger partial charge in [-0.05, 0) is 26.7 Å². The molecule has 110 valence electrons. The van der Waals surface area contributed by atoms with Gasteiger partial charge in [0, 0.05) is 12.7 Å². The highest BCUT2D eigenvalue weighted by Gasteiger charge is 2.48. The van der Waals surface area contributed by atoms with Gasteiger partial charge in [0.25, 0.3) is 5.91 Å². The van der Waals surface area contributed by atoms with Gasteiger partial charge in [-0.15, -0.1) is 0 Å². The molecule has 1 atom stereocenters. The Morgan fingerprint density at radius 1 is 1.30 bits per heavy atom. The molecule has 1 aliphatic rings. The van der Waals surface area contributed by atoms with Crippen molar-refractivity contribution >= 4 is 17.5 Å². The average molecular weight is 278 g/mol. The minimum atomic E-state index is -0.794. The first-order chi connectivity index (χ1) is 9.49. The zero-order chi connectivity index (χ0) is 14.9. The summed E-state index contributed by atoms with van der Waals surface area (Å²) in [5.74, 6) is -0.164. The maximum Gasteiger partial charge on any atom is 0.253 e. The fourth-order valence-corrected chi connectivity index (χ4v) is 2.64. The Kier molecular flexibility index (Phi) is 3.83. The second-order valence-corrected chi connectivity index (χ2v) is 5.18. The molecule has 0 aliphatic carbocycles. The molecule has 0 radical (unpaired) electrons. The lowest BCUT2D eigenvalue weighted by Gasteiger charge is -2.43. The van der Waals surface area contributed by atoms with E-state index in [4.69, 9.17) is 0 Å². The van der Waals surface area contributed by atoms with Crippen LogP contribution < -0.4 is 10.2 Å². The SMILES string of the molecule is CCn1cc(N2C(=O)C(CC)(CC)NC(=O)C2C)cn1. The van der Waals surface area contributed by atoms with Gasteiger partial charge in [-0.25, -0.2) is 0 Å². The van der Waals surface area contributed by atoms with Crippen LogP contribution in [0.1, 0.15) is 40.5 Å². The number of carbonyl (C=O) groups is 2. The number of aromatic nitrogens is 2. The molecule has 0 bridgehead atoms. The van der Waals surface area contributed by atoms with Crippen molar-refractivity contribution in [3.63, 3.8) is 0 Å². The van der Waals surface area contributed by atoms with Crippen LogP contribution in [0.2, 0.25) is 0 Å². The number of rotatable bonds is 4. The molecule has 6 nitrogen and oxygen atoms in total. The molecule has 2 heterocycles. The Morgan fingerprint density at radius 3 is 2.45 bits per heavy atom. The van der Waals surface area contributed by atoms with E-state index in [1.807, 2.05) is 27.0 Å². The Labute approximate surface area is 119 Å². The van der Waals surface area contributed by atoms with E-state index in [1.165, 1.54) is 0 Å². The number of carbonyl (C=O) groups excluding carboxylic acids is 2. The van der Waals surface area contributed by atoms with Gasteiger partial charge in [-0.3, -0.25) is 19.2 Å². The van der Waals surface area contributed by atoms with Gasteiger partial charge in [0.05, 0.1) is 11.9 Å². The van der Waals surface area contributed by atoms with Crippen LogP contribution in [0.15, 0.2) is 12.4 Å². The van der Waals surface area contributed by atoms with E-state index in [0.717, 1.165) is 6.54 Å². The van der Waals surface area contributed by atoms with Crippen molar-refractivity contribution in [1.29, 1.82) is 0 Å². The lowest BCUT2D eigenvalue weighted by molar-refractivity contribution is -0.138. The molecule has 0 saturated carbocycles. The Hall–Kier alpha value is -1.85. The Balaban J connectivity index is 2.43. The number of hydrogen-bond donors (Lipinski definition) is 1. The number of nitrogens with zero attached hydrogens (tertiary/aromatic N) is 3. The van der Waals surface area contributed by atoms with Gasteiger partial charge in [0.15, 0.2) is 0 Å². The minimum Gasteiger partial charge on any atom is -0.340 e. The van der Waals surface area contributed by atoms with Gasteiger partial charge in [-0.2, -0.15) is 5.10 Å². The summed E-state index contributed by atoms with van der Waals surface area (Å²) in [6.07, 6.45) is 4.62. The molecular formula is C14H22N4O2. The van der Waals surface area contributed by atoms with Gasteiger partial charge in [-0.1, -0.05) is 13.8 Å². The van der Waals surface area contributed by atoms with Crippen molar-refractivity contribution in [2.45, 2.75) is 58.7 Å². The first-order valence-corrected chi connectivity index (χ1v) is 7.17. The Morgan fingerprint density at radius 2 is 1.95 bits per heavy atom. The average Bonchev–Trinajstić information content (AvgIpc) is 2.92. The zero-order valence-corrected chi connectivity index (χ0v) is 12.5. The lowest BCUT2D eigenvalue weighted by atomic mass is 9.87. The summed E-state index contributed by atoms with van der Waals surface area (Å²) in [6, 6.07) is -0.511. The van der Waals surface area contributed by atoms with Crippen LogP contribution in [0.25, 0.3) is 0 Å². The molecule has 0 aromatic carbocycles. The van der Waals surface area contributed by atoms with Gasteiger partial charge < -0.3 is 5.32 Å². The smallest absolute Gasteiger partial charge is 0.253 e. The molecule has 20 heavy (non-hydrogen) atoms. The highest BCUT2D eigenvalue weighted by atomic mass is 16.2. The van der Waals surface area contributed by atoms with Crippen LogP contribution in [-0.4, -0.2) is 33.2 Å². The monoisotopic (exact) mass is 278 g/mol. The normalized spacial score (nSPS) is 22.0. The molecule has 1 aromatic rings. The van der Waals surface area contributed by atoms with E-state index in [9.17, 15) is 9.59 Å². The molecule has 1 aromatic heterocycles. The van der Waals surface area contributed by atoms with Crippen molar-refractivity contribution in [1.82, 2.24) is 15.1 Å².